The summed E-state index contributed by atoms with van der Waals surface area (Å²) in [7, 11) is -2.82. The summed E-state index contributed by atoms with van der Waals surface area (Å²) in [6.07, 6.45) is 1.15. The van der Waals surface area contributed by atoms with Crippen LogP contribution in [-0.2, 0) is 9.84 Å². The molecule has 4 N–H and O–H groups in total. The maximum absolute atomic E-state index is 11.2. The molecule has 94 valence electrons. The molecule has 0 aromatic heterocycles. The van der Waals surface area contributed by atoms with E-state index in [0.717, 1.165) is 0 Å². The van der Waals surface area contributed by atoms with Gasteiger partial charge in [0.25, 0.3) is 0 Å². The van der Waals surface area contributed by atoms with Crippen molar-refractivity contribution in [2.45, 2.75) is 38.8 Å². The Bertz CT molecular complexity index is 337. The van der Waals surface area contributed by atoms with Gasteiger partial charge < -0.3 is 5.32 Å². The van der Waals surface area contributed by atoms with Crippen LogP contribution in [0, 0.1) is 0 Å². The van der Waals surface area contributed by atoms with E-state index in [-0.39, 0.29) is 23.6 Å². The zero-order chi connectivity index (χ0) is 12.2. The van der Waals surface area contributed by atoms with E-state index in [2.05, 4.69) is 15.7 Å². The minimum absolute atomic E-state index is 0.0424. The summed E-state index contributed by atoms with van der Waals surface area (Å²) in [6, 6.07) is 0.281. The van der Waals surface area contributed by atoms with Crippen LogP contribution in [0.5, 0.6) is 0 Å². The molecule has 1 rings (SSSR count). The van der Waals surface area contributed by atoms with E-state index in [0.29, 0.717) is 18.8 Å². The molecule has 16 heavy (non-hydrogen) atoms. The van der Waals surface area contributed by atoms with Crippen LogP contribution >= 0.6 is 0 Å². The lowest BCUT2D eigenvalue weighted by molar-refractivity contribution is 0.544. The first kappa shape index (κ1) is 13.2. The van der Waals surface area contributed by atoms with E-state index in [1.54, 1.807) is 0 Å². The van der Waals surface area contributed by atoms with E-state index >= 15 is 0 Å². The molecule has 0 atom stereocenters. The van der Waals surface area contributed by atoms with Gasteiger partial charge in [-0.05, 0) is 26.7 Å². The first-order chi connectivity index (χ1) is 7.43. The highest BCUT2D eigenvalue weighted by atomic mass is 32.2. The molecule has 0 spiro atoms. The first-order valence-corrected chi connectivity index (χ1v) is 7.26. The Kier molecular flexibility index (Phi) is 4.55. The maximum atomic E-state index is 11.2. The van der Waals surface area contributed by atoms with Crippen LogP contribution in [-0.4, -0.2) is 38.0 Å². The van der Waals surface area contributed by atoms with Gasteiger partial charge in [0, 0.05) is 6.04 Å². The Labute approximate surface area is 96.6 Å². The summed E-state index contributed by atoms with van der Waals surface area (Å²) in [5, 5.41) is 3.06. The smallest absolute Gasteiger partial charge is 0.206 e. The van der Waals surface area contributed by atoms with E-state index in [9.17, 15) is 8.42 Å². The van der Waals surface area contributed by atoms with Crippen molar-refractivity contribution in [3.05, 3.63) is 0 Å². The largest absolute Gasteiger partial charge is 0.353 e. The van der Waals surface area contributed by atoms with E-state index in [4.69, 9.17) is 5.84 Å². The third-order valence-corrected chi connectivity index (χ3v) is 4.11. The molecule has 1 fully saturated rings. The van der Waals surface area contributed by atoms with E-state index < -0.39 is 9.84 Å². The van der Waals surface area contributed by atoms with Gasteiger partial charge in [-0.25, -0.2) is 19.3 Å². The molecular weight excluding hydrogens is 228 g/mol. The van der Waals surface area contributed by atoms with Crippen molar-refractivity contribution in [1.82, 2.24) is 10.7 Å². The van der Waals surface area contributed by atoms with Crippen molar-refractivity contribution in [3.8, 4) is 0 Å². The molecule has 0 aliphatic carbocycles. The number of hydrogen-bond acceptors (Lipinski definition) is 4. The van der Waals surface area contributed by atoms with Crippen LogP contribution in [0.3, 0.4) is 0 Å². The van der Waals surface area contributed by atoms with Crippen molar-refractivity contribution < 1.29 is 8.42 Å². The number of nitrogens with one attached hydrogen (secondary N) is 2. The molecule has 6 nitrogen and oxygen atoms in total. The van der Waals surface area contributed by atoms with E-state index in [1.807, 2.05) is 13.8 Å². The molecule has 1 aliphatic rings. The van der Waals surface area contributed by atoms with E-state index in [1.165, 1.54) is 0 Å². The Hall–Kier alpha value is -0.820. The fourth-order valence-electron chi connectivity index (χ4n) is 1.58. The number of aliphatic imine (C=N–C) groups is 1. The number of hydrogen-bond donors (Lipinski definition) is 3. The van der Waals surface area contributed by atoms with Gasteiger partial charge in [0.2, 0.25) is 5.96 Å². The number of rotatable bonds is 2. The van der Waals surface area contributed by atoms with Gasteiger partial charge in [-0.15, -0.1) is 0 Å². The van der Waals surface area contributed by atoms with Crippen LogP contribution in [0.2, 0.25) is 0 Å². The second-order valence-electron chi connectivity index (χ2n) is 4.30. The molecule has 0 aromatic rings. The summed E-state index contributed by atoms with van der Waals surface area (Å²) >= 11 is 0. The number of guanidine groups is 1. The van der Waals surface area contributed by atoms with Crippen LogP contribution in [0.4, 0.5) is 0 Å². The van der Waals surface area contributed by atoms with Crippen LogP contribution in [0.1, 0.15) is 26.7 Å². The monoisotopic (exact) mass is 248 g/mol. The minimum atomic E-state index is -2.82. The lowest BCUT2D eigenvalue weighted by Gasteiger charge is -2.20. The van der Waals surface area contributed by atoms with Gasteiger partial charge in [-0.3, -0.25) is 5.43 Å². The van der Waals surface area contributed by atoms with Crippen molar-refractivity contribution in [2.24, 2.45) is 10.8 Å². The van der Waals surface area contributed by atoms with Crippen LogP contribution < -0.4 is 16.6 Å². The Morgan fingerprint density at radius 1 is 1.38 bits per heavy atom. The molecule has 0 unspecified atom stereocenters. The molecule has 0 amide bonds. The van der Waals surface area contributed by atoms with Gasteiger partial charge >= 0.3 is 0 Å². The molecular formula is C9H20N4O2S. The predicted molar refractivity (Wildman–Crippen MR) is 64.7 cm³/mol. The summed E-state index contributed by atoms with van der Waals surface area (Å²) in [6.45, 7) is 3.97. The lowest BCUT2D eigenvalue weighted by atomic mass is 10.2. The Balaban J connectivity index is 2.55. The van der Waals surface area contributed by atoms with Crippen molar-refractivity contribution in [2.75, 3.05) is 11.5 Å². The van der Waals surface area contributed by atoms with Gasteiger partial charge in [0.05, 0.1) is 17.5 Å². The second-order valence-corrected chi connectivity index (χ2v) is 6.61. The number of nitrogens with two attached hydrogens (primary N) is 1. The summed E-state index contributed by atoms with van der Waals surface area (Å²) < 4.78 is 22.4. The van der Waals surface area contributed by atoms with Crippen LogP contribution in [0.25, 0.3) is 0 Å². The first-order valence-electron chi connectivity index (χ1n) is 5.44. The molecule has 0 aromatic carbocycles. The van der Waals surface area contributed by atoms with Gasteiger partial charge in [0.15, 0.2) is 0 Å². The van der Waals surface area contributed by atoms with Crippen LogP contribution in [0.15, 0.2) is 4.99 Å². The van der Waals surface area contributed by atoms with Crippen molar-refractivity contribution in [3.63, 3.8) is 0 Å². The Morgan fingerprint density at radius 2 is 1.94 bits per heavy atom. The predicted octanol–water partition coefficient (Wildman–Crippen LogP) is -0.619. The van der Waals surface area contributed by atoms with Gasteiger partial charge in [-0.2, -0.15) is 0 Å². The van der Waals surface area contributed by atoms with Crippen molar-refractivity contribution in [1.29, 1.82) is 0 Å². The molecule has 0 bridgehead atoms. The molecule has 1 aliphatic heterocycles. The number of hydrazine groups is 1. The third-order valence-electron chi connectivity index (χ3n) is 2.40. The fraction of sp³-hybridized carbons (Fsp3) is 0.889. The zero-order valence-electron chi connectivity index (χ0n) is 9.73. The van der Waals surface area contributed by atoms with Gasteiger partial charge in [-0.1, -0.05) is 0 Å². The average molecular weight is 248 g/mol. The topological polar surface area (TPSA) is 96.6 Å². The molecule has 0 saturated carbocycles. The molecule has 1 heterocycles. The lowest BCUT2D eigenvalue weighted by Crippen LogP contribution is -2.45. The third kappa shape index (κ3) is 4.36. The SMILES string of the molecule is CC(C)NC(=NC1CCS(=O)(=O)CC1)NN. The molecule has 7 heteroatoms. The number of nitrogens with zero attached hydrogens (tertiary/aromatic N) is 1. The highest BCUT2D eigenvalue weighted by molar-refractivity contribution is 7.91. The molecule has 1 saturated heterocycles. The zero-order valence-corrected chi connectivity index (χ0v) is 10.5. The Morgan fingerprint density at radius 3 is 2.38 bits per heavy atom. The maximum Gasteiger partial charge on any atom is 0.206 e. The standard InChI is InChI=1S/C9H20N4O2S/c1-7(2)11-9(13-10)12-8-3-5-16(14,15)6-4-8/h7-8H,3-6,10H2,1-2H3,(H2,11,12,13). The average Bonchev–Trinajstić information content (AvgIpc) is 2.19. The number of sulfone groups is 1. The highest BCUT2D eigenvalue weighted by Crippen LogP contribution is 2.15. The summed E-state index contributed by atoms with van der Waals surface area (Å²) in [5.41, 5.74) is 2.49. The summed E-state index contributed by atoms with van der Waals surface area (Å²) in [5.74, 6) is 6.30. The molecule has 0 radical (unpaired) electrons. The van der Waals surface area contributed by atoms with Gasteiger partial charge in [0.1, 0.15) is 9.84 Å². The summed E-state index contributed by atoms with van der Waals surface area (Å²) in [4.78, 5) is 4.36. The van der Waals surface area contributed by atoms with Crippen molar-refractivity contribution >= 4 is 15.8 Å². The minimum Gasteiger partial charge on any atom is -0.353 e. The quantitative estimate of drug-likeness (QED) is 0.262. The second kappa shape index (κ2) is 5.49. The highest BCUT2D eigenvalue weighted by Gasteiger charge is 2.23. The fourth-order valence-corrected chi connectivity index (χ4v) is 3.05. The normalized spacial score (nSPS) is 22.1.